The van der Waals surface area contributed by atoms with E-state index >= 15 is 0 Å². The SMILES string of the molecule is COc1ccccc1NC(=O)c1ccc(NC(=O)CSc2ncc(-c3ccccc3)n2C)cc1. The number of benzene rings is 3. The predicted molar refractivity (Wildman–Crippen MR) is 135 cm³/mol. The molecule has 3 aromatic carbocycles. The largest absolute Gasteiger partial charge is 0.495 e. The topological polar surface area (TPSA) is 85.2 Å². The summed E-state index contributed by atoms with van der Waals surface area (Å²) in [7, 11) is 3.49. The van der Waals surface area contributed by atoms with Crippen LogP contribution in [0.3, 0.4) is 0 Å². The van der Waals surface area contributed by atoms with Crippen LogP contribution in [-0.2, 0) is 11.8 Å². The Bertz CT molecular complexity index is 1290. The molecule has 0 bridgehead atoms. The number of carbonyl (C=O) groups excluding carboxylic acids is 2. The van der Waals surface area contributed by atoms with Gasteiger partial charge in [0.05, 0.1) is 30.4 Å². The molecule has 34 heavy (non-hydrogen) atoms. The van der Waals surface area contributed by atoms with Crippen molar-refractivity contribution in [1.82, 2.24) is 9.55 Å². The van der Waals surface area contributed by atoms with Gasteiger partial charge in [-0.2, -0.15) is 0 Å². The van der Waals surface area contributed by atoms with Crippen molar-refractivity contribution in [2.75, 3.05) is 23.5 Å². The van der Waals surface area contributed by atoms with E-state index in [1.807, 2.05) is 60.3 Å². The van der Waals surface area contributed by atoms with E-state index in [9.17, 15) is 9.59 Å². The quantitative estimate of drug-likeness (QED) is 0.350. The molecular formula is C26H24N4O3S. The van der Waals surface area contributed by atoms with Crippen LogP contribution in [0.1, 0.15) is 10.4 Å². The zero-order valence-electron chi connectivity index (χ0n) is 18.8. The lowest BCUT2D eigenvalue weighted by Crippen LogP contribution is -2.15. The summed E-state index contributed by atoms with van der Waals surface area (Å²) in [5, 5.41) is 6.45. The number of aromatic nitrogens is 2. The molecule has 0 fully saturated rings. The number of anilines is 2. The Morgan fingerprint density at radius 2 is 1.65 bits per heavy atom. The van der Waals surface area contributed by atoms with Gasteiger partial charge in [0, 0.05) is 18.3 Å². The van der Waals surface area contributed by atoms with Gasteiger partial charge in [-0.3, -0.25) is 9.59 Å². The fourth-order valence-corrected chi connectivity index (χ4v) is 4.13. The van der Waals surface area contributed by atoms with Gasteiger partial charge in [-0.15, -0.1) is 0 Å². The van der Waals surface area contributed by atoms with Crippen LogP contribution in [0.2, 0.25) is 0 Å². The lowest BCUT2D eigenvalue weighted by Gasteiger charge is -2.10. The predicted octanol–water partition coefficient (Wildman–Crippen LogP) is 5.08. The third kappa shape index (κ3) is 5.47. The van der Waals surface area contributed by atoms with Gasteiger partial charge >= 0.3 is 0 Å². The molecule has 0 aliphatic heterocycles. The van der Waals surface area contributed by atoms with E-state index in [2.05, 4.69) is 15.6 Å². The number of hydrogen-bond acceptors (Lipinski definition) is 5. The maximum Gasteiger partial charge on any atom is 0.255 e. The molecule has 7 nitrogen and oxygen atoms in total. The molecule has 0 aliphatic rings. The Morgan fingerprint density at radius 1 is 0.941 bits per heavy atom. The number of methoxy groups -OCH3 is 1. The van der Waals surface area contributed by atoms with E-state index in [1.165, 1.54) is 11.8 Å². The number of para-hydroxylation sites is 2. The van der Waals surface area contributed by atoms with Crippen molar-refractivity contribution in [2.24, 2.45) is 7.05 Å². The summed E-state index contributed by atoms with van der Waals surface area (Å²) in [4.78, 5) is 29.4. The van der Waals surface area contributed by atoms with Crippen LogP contribution in [-0.4, -0.2) is 34.2 Å². The zero-order valence-corrected chi connectivity index (χ0v) is 19.6. The van der Waals surface area contributed by atoms with Crippen LogP contribution >= 0.6 is 11.8 Å². The number of rotatable bonds is 8. The first-order chi connectivity index (χ1) is 16.5. The Kier molecular flexibility index (Phi) is 7.29. The van der Waals surface area contributed by atoms with Crippen molar-refractivity contribution in [3.05, 3.63) is 90.6 Å². The number of nitrogens with zero attached hydrogens (tertiary/aromatic N) is 2. The zero-order chi connectivity index (χ0) is 23.9. The molecule has 0 saturated carbocycles. The number of carbonyl (C=O) groups is 2. The number of nitrogens with one attached hydrogen (secondary N) is 2. The second-order valence-corrected chi connectivity index (χ2v) is 8.36. The summed E-state index contributed by atoms with van der Waals surface area (Å²) in [5.41, 5.74) is 3.74. The van der Waals surface area contributed by atoms with Crippen molar-refractivity contribution < 1.29 is 14.3 Å². The number of hydrogen-bond donors (Lipinski definition) is 2. The van der Waals surface area contributed by atoms with Crippen LogP contribution in [0.4, 0.5) is 11.4 Å². The van der Waals surface area contributed by atoms with E-state index in [1.54, 1.807) is 43.5 Å². The van der Waals surface area contributed by atoms with E-state index in [0.717, 1.165) is 16.4 Å². The van der Waals surface area contributed by atoms with Gasteiger partial charge in [-0.1, -0.05) is 54.2 Å². The van der Waals surface area contributed by atoms with Crippen molar-refractivity contribution in [3.63, 3.8) is 0 Å². The molecule has 172 valence electrons. The van der Waals surface area contributed by atoms with Gasteiger partial charge < -0.3 is 19.9 Å². The molecule has 0 spiro atoms. The van der Waals surface area contributed by atoms with Crippen molar-refractivity contribution in [2.45, 2.75) is 5.16 Å². The van der Waals surface area contributed by atoms with Crippen molar-refractivity contribution >= 4 is 35.0 Å². The average Bonchev–Trinajstić information content (AvgIpc) is 3.24. The molecule has 4 rings (SSSR count). The summed E-state index contributed by atoms with van der Waals surface area (Å²) in [6.07, 6.45) is 1.81. The number of thioether (sulfide) groups is 1. The monoisotopic (exact) mass is 472 g/mol. The molecule has 4 aromatic rings. The molecular weight excluding hydrogens is 448 g/mol. The normalized spacial score (nSPS) is 10.5. The van der Waals surface area contributed by atoms with Crippen LogP contribution in [0.5, 0.6) is 5.75 Å². The standard InChI is InChI=1S/C26H24N4O3S/c1-30-22(18-8-4-3-5-9-18)16-27-26(30)34-17-24(31)28-20-14-12-19(13-15-20)25(32)29-21-10-6-7-11-23(21)33-2/h3-16H,17H2,1-2H3,(H,28,31)(H,29,32). The molecule has 8 heteroatoms. The van der Waals surface area contributed by atoms with E-state index in [4.69, 9.17) is 4.74 Å². The highest BCUT2D eigenvalue weighted by Crippen LogP contribution is 2.25. The maximum absolute atomic E-state index is 12.5. The molecule has 0 atom stereocenters. The third-order valence-corrected chi connectivity index (χ3v) is 6.18. The van der Waals surface area contributed by atoms with Crippen molar-refractivity contribution in [1.29, 1.82) is 0 Å². The Morgan fingerprint density at radius 3 is 2.38 bits per heavy atom. The molecule has 1 aromatic heterocycles. The molecule has 0 saturated heterocycles. The van der Waals surface area contributed by atoms with Gasteiger partial charge in [-0.05, 0) is 42.0 Å². The highest BCUT2D eigenvalue weighted by molar-refractivity contribution is 7.99. The summed E-state index contributed by atoms with van der Waals surface area (Å²) >= 11 is 1.37. The molecule has 1 heterocycles. The molecule has 0 aliphatic carbocycles. The van der Waals surface area contributed by atoms with Gasteiger partial charge in [0.15, 0.2) is 5.16 Å². The highest BCUT2D eigenvalue weighted by Gasteiger charge is 2.12. The fourth-order valence-electron chi connectivity index (χ4n) is 3.38. The van der Waals surface area contributed by atoms with Gasteiger partial charge in [-0.25, -0.2) is 4.98 Å². The molecule has 2 amide bonds. The highest BCUT2D eigenvalue weighted by atomic mass is 32.2. The number of ether oxygens (including phenoxy) is 1. The van der Waals surface area contributed by atoms with Gasteiger partial charge in [0.25, 0.3) is 5.91 Å². The third-order valence-electron chi connectivity index (χ3n) is 5.13. The van der Waals surface area contributed by atoms with Crippen LogP contribution in [0.15, 0.2) is 90.2 Å². The fraction of sp³-hybridized carbons (Fsp3) is 0.115. The Hall–Kier alpha value is -4.04. The summed E-state index contributed by atoms with van der Waals surface area (Å²) in [6.45, 7) is 0. The molecule has 0 radical (unpaired) electrons. The number of amides is 2. The van der Waals surface area contributed by atoms with Gasteiger partial charge in [0.1, 0.15) is 5.75 Å². The smallest absolute Gasteiger partial charge is 0.255 e. The maximum atomic E-state index is 12.5. The lowest BCUT2D eigenvalue weighted by atomic mass is 10.2. The van der Waals surface area contributed by atoms with Crippen LogP contribution in [0, 0.1) is 0 Å². The molecule has 0 unspecified atom stereocenters. The first kappa shape index (κ1) is 23.1. The second kappa shape index (κ2) is 10.7. The van der Waals surface area contributed by atoms with Crippen molar-refractivity contribution in [3.8, 4) is 17.0 Å². The summed E-state index contributed by atoms with van der Waals surface area (Å²) < 4.78 is 7.24. The van der Waals surface area contributed by atoms with E-state index in [-0.39, 0.29) is 17.6 Å². The first-order valence-corrected chi connectivity index (χ1v) is 11.6. The van der Waals surface area contributed by atoms with E-state index in [0.29, 0.717) is 22.7 Å². The van der Waals surface area contributed by atoms with E-state index < -0.39 is 0 Å². The second-order valence-electron chi connectivity index (χ2n) is 7.42. The van der Waals surface area contributed by atoms with Crippen LogP contribution in [0.25, 0.3) is 11.3 Å². The minimum atomic E-state index is -0.262. The lowest BCUT2D eigenvalue weighted by molar-refractivity contribution is -0.113. The Labute approximate surface area is 202 Å². The number of imidazole rings is 1. The van der Waals surface area contributed by atoms with Crippen LogP contribution < -0.4 is 15.4 Å². The summed E-state index contributed by atoms with van der Waals surface area (Å²) in [6, 6.07) is 23.9. The minimum absolute atomic E-state index is 0.152. The Balaban J connectivity index is 1.32. The minimum Gasteiger partial charge on any atom is -0.495 e. The average molecular weight is 473 g/mol. The summed E-state index contributed by atoms with van der Waals surface area (Å²) in [5.74, 6) is 0.387. The molecule has 2 N–H and O–H groups in total. The van der Waals surface area contributed by atoms with Gasteiger partial charge in [0.2, 0.25) is 5.91 Å². The first-order valence-electron chi connectivity index (χ1n) is 10.6.